The highest BCUT2D eigenvalue weighted by Crippen LogP contribution is 2.29. The third-order valence-electron chi connectivity index (χ3n) is 3.84. The lowest BCUT2D eigenvalue weighted by molar-refractivity contribution is -0.385. The molecule has 0 spiro atoms. The highest BCUT2D eigenvalue weighted by atomic mass is 19.1. The summed E-state index contributed by atoms with van der Waals surface area (Å²) in [4.78, 5) is 14.4. The van der Waals surface area contributed by atoms with E-state index >= 15 is 0 Å². The molecule has 0 saturated carbocycles. The van der Waals surface area contributed by atoms with Gasteiger partial charge >= 0.3 is 0 Å². The Balaban J connectivity index is 2.31. The zero-order valence-electron chi connectivity index (χ0n) is 12.0. The summed E-state index contributed by atoms with van der Waals surface area (Å²) in [5.41, 5.74) is 0.254. The molecule has 1 atom stereocenters. The Morgan fingerprint density at radius 2 is 2.10 bits per heavy atom. The van der Waals surface area contributed by atoms with Crippen LogP contribution < -0.4 is 4.90 Å². The van der Waals surface area contributed by atoms with Gasteiger partial charge in [0.25, 0.3) is 5.69 Å². The number of rotatable bonds is 3. The highest BCUT2D eigenvalue weighted by molar-refractivity contribution is 5.53. The molecule has 1 aromatic carbocycles. The SMILES string of the molecule is CC(C)C1CN(C)CCN1c1ccc([N+](=O)[O-])cc1F. The number of halogens is 1. The molecule has 1 aliphatic rings. The van der Waals surface area contributed by atoms with Gasteiger partial charge in [-0.25, -0.2) is 4.39 Å². The van der Waals surface area contributed by atoms with Gasteiger partial charge in [-0.2, -0.15) is 0 Å². The molecule has 1 heterocycles. The molecule has 0 bridgehead atoms. The quantitative estimate of drug-likeness (QED) is 0.631. The zero-order valence-corrected chi connectivity index (χ0v) is 12.0. The molecule has 6 heteroatoms. The number of hydrogen-bond donors (Lipinski definition) is 0. The Morgan fingerprint density at radius 3 is 2.65 bits per heavy atom. The van der Waals surface area contributed by atoms with Crippen molar-refractivity contribution in [2.75, 3.05) is 31.6 Å². The van der Waals surface area contributed by atoms with Crippen molar-refractivity contribution in [1.82, 2.24) is 4.90 Å². The first-order chi connectivity index (χ1) is 9.40. The van der Waals surface area contributed by atoms with E-state index in [0.29, 0.717) is 11.6 Å². The van der Waals surface area contributed by atoms with Crippen LogP contribution in [0, 0.1) is 21.8 Å². The van der Waals surface area contributed by atoms with E-state index in [1.165, 1.54) is 12.1 Å². The summed E-state index contributed by atoms with van der Waals surface area (Å²) in [5, 5.41) is 10.7. The summed E-state index contributed by atoms with van der Waals surface area (Å²) < 4.78 is 14.2. The Hall–Kier alpha value is -1.69. The molecule has 0 aromatic heterocycles. The van der Waals surface area contributed by atoms with Gasteiger partial charge in [-0.05, 0) is 19.0 Å². The number of hydrogen-bond acceptors (Lipinski definition) is 4. The van der Waals surface area contributed by atoms with Gasteiger partial charge < -0.3 is 9.80 Å². The second-order valence-electron chi connectivity index (χ2n) is 5.66. The third kappa shape index (κ3) is 2.90. The number of non-ortho nitro benzene ring substituents is 1. The molecular weight excluding hydrogens is 261 g/mol. The molecule has 1 aliphatic heterocycles. The molecule has 0 aliphatic carbocycles. The standard InChI is InChI=1S/C14H20FN3O2/c1-10(2)14-9-16(3)6-7-17(14)13-5-4-11(18(19)20)8-12(13)15/h4-5,8,10,14H,6-7,9H2,1-3H3. The maximum Gasteiger partial charge on any atom is 0.272 e. The lowest BCUT2D eigenvalue weighted by Gasteiger charge is -2.43. The maximum atomic E-state index is 14.2. The third-order valence-corrected chi connectivity index (χ3v) is 3.84. The van der Waals surface area contributed by atoms with Crippen molar-refractivity contribution in [2.24, 2.45) is 5.92 Å². The minimum atomic E-state index is -0.573. The maximum absolute atomic E-state index is 14.2. The van der Waals surface area contributed by atoms with Gasteiger partial charge in [-0.1, -0.05) is 13.8 Å². The van der Waals surface area contributed by atoms with Crippen LogP contribution in [-0.4, -0.2) is 42.5 Å². The van der Waals surface area contributed by atoms with Gasteiger partial charge in [0.2, 0.25) is 0 Å². The van der Waals surface area contributed by atoms with Gasteiger partial charge in [0.1, 0.15) is 0 Å². The van der Waals surface area contributed by atoms with Crippen LogP contribution in [0.3, 0.4) is 0 Å². The Morgan fingerprint density at radius 1 is 1.40 bits per heavy atom. The van der Waals surface area contributed by atoms with Crippen molar-refractivity contribution < 1.29 is 9.31 Å². The molecule has 1 fully saturated rings. The lowest BCUT2D eigenvalue weighted by atomic mass is 9.99. The summed E-state index contributed by atoms with van der Waals surface area (Å²) in [5.74, 6) is -0.137. The zero-order chi connectivity index (χ0) is 14.9. The Kier molecular flexibility index (Phi) is 4.23. The number of likely N-dealkylation sites (N-methyl/N-ethyl adjacent to an activating group) is 1. The largest absolute Gasteiger partial charge is 0.363 e. The molecule has 1 aromatic rings. The average molecular weight is 281 g/mol. The number of benzene rings is 1. The first kappa shape index (κ1) is 14.7. The van der Waals surface area contributed by atoms with Crippen LogP contribution in [0.15, 0.2) is 18.2 Å². The van der Waals surface area contributed by atoms with Gasteiger partial charge in [0.05, 0.1) is 16.7 Å². The summed E-state index contributed by atoms with van der Waals surface area (Å²) in [6.45, 7) is 6.68. The van der Waals surface area contributed by atoms with E-state index in [-0.39, 0.29) is 11.7 Å². The van der Waals surface area contributed by atoms with Crippen LogP contribution in [0.5, 0.6) is 0 Å². The van der Waals surface area contributed by atoms with E-state index < -0.39 is 10.7 Å². The normalized spacial score (nSPS) is 20.4. The van der Waals surface area contributed by atoms with Gasteiger partial charge in [0.15, 0.2) is 5.82 Å². The predicted molar refractivity (Wildman–Crippen MR) is 76.5 cm³/mol. The van der Waals surface area contributed by atoms with E-state index in [1.807, 2.05) is 4.90 Å². The molecular formula is C14H20FN3O2. The van der Waals surface area contributed by atoms with Gasteiger partial charge in [-0.3, -0.25) is 10.1 Å². The monoisotopic (exact) mass is 281 g/mol. The predicted octanol–water partition coefficient (Wildman–Crippen LogP) is 2.51. The van der Waals surface area contributed by atoms with Crippen molar-refractivity contribution in [1.29, 1.82) is 0 Å². The van der Waals surface area contributed by atoms with E-state index in [9.17, 15) is 14.5 Å². The smallest absolute Gasteiger partial charge is 0.272 e. The highest BCUT2D eigenvalue weighted by Gasteiger charge is 2.29. The van der Waals surface area contributed by atoms with Crippen LogP contribution in [0.2, 0.25) is 0 Å². The van der Waals surface area contributed by atoms with Gasteiger partial charge in [-0.15, -0.1) is 0 Å². The van der Waals surface area contributed by atoms with Crippen LogP contribution in [0.4, 0.5) is 15.8 Å². The van der Waals surface area contributed by atoms with E-state index in [4.69, 9.17) is 0 Å². The first-order valence-corrected chi connectivity index (χ1v) is 6.79. The number of piperazine rings is 1. The molecule has 1 saturated heterocycles. The van der Waals surface area contributed by atoms with Gasteiger partial charge in [0, 0.05) is 31.7 Å². The summed E-state index contributed by atoms with van der Waals surface area (Å²) in [7, 11) is 2.05. The number of nitro groups is 1. The summed E-state index contributed by atoms with van der Waals surface area (Å²) in [6, 6.07) is 4.11. The topological polar surface area (TPSA) is 49.6 Å². The van der Waals surface area contributed by atoms with Crippen molar-refractivity contribution in [3.63, 3.8) is 0 Å². The van der Waals surface area contributed by atoms with Crippen molar-refractivity contribution in [3.8, 4) is 0 Å². The van der Waals surface area contributed by atoms with Crippen LogP contribution in [0.1, 0.15) is 13.8 Å². The summed E-state index contributed by atoms with van der Waals surface area (Å²) >= 11 is 0. The first-order valence-electron chi connectivity index (χ1n) is 6.79. The number of nitrogens with zero attached hydrogens (tertiary/aromatic N) is 3. The van der Waals surface area contributed by atoms with Crippen LogP contribution in [0.25, 0.3) is 0 Å². The van der Waals surface area contributed by atoms with Crippen molar-refractivity contribution in [2.45, 2.75) is 19.9 Å². The molecule has 110 valence electrons. The van der Waals surface area contributed by atoms with Crippen molar-refractivity contribution in [3.05, 3.63) is 34.1 Å². The van der Waals surface area contributed by atoms with Crippen LogP contribution in [-0.2, 0) is 0 Å². The minimum Gasteiger partial charge on any atom is -0.363 e. The van der Waals surface area contributed by atoms with E-state index in [0.717, 1.165) is 25.7 Å². The molecule has 0 N–H and O–H groups in total. The fourth-order valence-electron chi connectivity index (χ4n) is 2.67. The van der Waals surface area contributed by atoms with Crippen LogP contribution >= 0.6 is 0 Å². The number of anilines is 1. The van der Waals surface area contributed by atoms with Crippen molar-refractivity contribution >= 4 is 11.4 Å². The van der Waals surface area contributed by atoms with E-state index in [1.54, 1.807) is 0 Å². The Labute approximate surface area is 118 Å². The lowest BCUT2D eigenvalue weighted by Crippen LogP contribution is -2.54. The minimum absolute atomic E-state index is 0.207. The second-order valence-corrected chi connectivity index (χ2v) is 5.66. The molecule has 0 amide bonds. The molecule has 2 rings (SSSR count). The fourth-order valence-corrected chi connectivity index (χ4v) is 2.67. The fraction of sp³-hybridized carbons (Fsp3) is 0.571. The molecule has 20 heavy (non-hydrogen) atoms. The Bertz CT molecular complexity index is 507. The van der Waals surface area contributed by atoms with E-state index in [2.05, 4.69) is 25.8 Å². The second kappa shape index (κ2) is 5.75. The number of nitro benzene ring substituents is 1. The average Bonchev–Trinajstić information content (AvgIpc) is 2.38. The molecule has 1 unspecified atom stereocenters. The molecule has 5 nitrogen and oxygen atoms in total. The molecule has 0 radical (unpaired) electrons. The summed E-state index contributed by atoms with van der Waals surface area (Å²) in [6.07, 6.45) is 0.